The zero-order valence-electron chi connectivity index (χ0n) is 9.57. The van der Waals surface area contributed by atoms with E-state index < -0.39 is 12.0 Å². The molecule has 17 heavy (non-hydrogen) atoms. The number of rotatable bonds is 4. The lowest BCUT2D eigenvalue weighted by Crippen LogP contribution is -2.34. The van der Waals surface area contributed by atoms with Crippen molar-refractivity contribution >= 4 is 23.3 Å². The minimum absolute atomic E-state index is 0.0538. The van der Waals surface area contributed by atoms with Gasteiger partial charge in [0.25, 0.3) is 0 Å². The van der Waals surface area contributed by atoms with Gasteiger partial charge in [-0.1, -0.05) is 25.4 Å². The predicted octanol–water partition coefficient (Wildman–Crippen LogP) is 2.73. The third-order valence-corrected chi connectivity index (χ3v) is 2.66. The fourth-order valence-electron chi connectivity index (χ4n) is 1.39. The number of nitrogens with zero attached hydrogens (tertiary/aromatic N) is 1. The lowest BCUT2D eigenvalue weighted by atomic mass is 10.0. The lowest BCUT2D eigenvalue weighted by Gasteiger charge is -2.19. The first-order chi connectivity index (χ1) is 7.95. The number of carbonyl (C=O) groups is 1. The van der Waals surface area contributed by atoms with Crippen LogP contribution in [0.5, 0.6) is 0 Å². The third kappa shape index (κ3) is 3.36. The number of hydrogen-bond donors (Lipinski definition) is 2. The molecular weight excluding hydrogens is 240 g/mol. The van der Waals surface area contributed by atoms with Crippen LogP contribution in [0.1, 0.15) is 19.4 Å². The molecule has 0 aliphatic heterocycles. The number of nitrogens with one attached hydrogen (secondary N) is 1. The highest BCUT2D eigenvalue weighted by Crippen LogP contribution is 2.21. The highest BCUT2D eigenvalue weighted by molar-refractivity contribution is 6.32. The van der Waals surface area contributed by atoms with Crippen molar-refractivity contribution in [1.82, 2.24) is 0 Å². The molecule has 4 nitrogen and oxygen atoms in total. The Morgan fingerprint density at radius 3 is 2.59 bits per heavy atom. The summed E-state index contributed by atoms with van der Waals surface area (Å²) in [6.07, 6.45) is 0. The molecule has 0 heterocycles. The molecule has 0 aliphatic rings. The van der Waals surface area contributed by atoms with Crippen LogP contribution in [0.4, 0.5) is 5.69 Å². The first kappa shape index (κ1) is 13.3. The van der Waals surface area contributed by atoms with Gasteiger partial charge in [-0.15, -0.1) is 0 Å². The molecule has 0 aromatic heterocycles. The van der Waals surface area contributed by atoms with Crippen molar-refractivity contribution in [3.8, 4) is 6.07 Å². The van der Waals surface area contributed by atoms with Gasteiger partial charge in [0, 0.05) is 5.69 Å². The molecule has 0 amide bonds. The van der Waals surface area contributed by atoms with Gasteiger partial charge in [0.05, 0.1) is 10.6 Å². The van der Waals surface area contributed by atoms with Crippen LogP contribution >= 0.6 is 11.6 Å². The fourth-order valence-corrected chi connectivity index (χ4v) is 1.61. The average molecular weight is 253 g/mol. The van der Waals surface area contributed by atoms with Crippen molar-refractivity contribution in [2.24, 2.45) is 5.92 Å². The number of anilines is 1. The molecule has 0 saturated heterocycles. The van der Waals surface area contributed by atoms with E-state index in [4.69, 9.17) is 22.0 Å². The van der Waals surface area contributed by atoms with Gasteiger partial charge in [0.1, 0.15) is 12.1 Å². The van der Waals surface area contributed by atoms with E-state index in [2.05, 4.69) is 5.32 Å². The Balaban J connectivity index is 2.92. The Hall–Kier alpha value is -1.73. The van der Waals surface area contributed by atoms with Crippen LogP contribution in [0.25, 0.3) is 0 Å². The number of benzene rings is 1. The van der Waals surface area contributed by atoms with E-state index in [1.54, 1.807) is 18.2 Å². The molecule has 0 radical (unpaired) electrons. The quantitative estimate of drug-likeness (QED) is 0.864. The molecule has 0 saturated carbocycles. The Morgan fingerprint density at radius 1 is 1.53 bits per heavy atom. The van der Waals surface area contributed by atoms with E-state index in [-0.39, 0.29) is 5.92 Å². The predicted molar refractivity (Wildman–Crippen MR) is 66.1 cm³/mol. The summed E-state index contributed by atoms with van der Waals surface area (Å²) in [5.41, 5.74) is 0.962. The second-order valence-electron chi connectivity index (χ2n) is 4.01. The summed E-state index contributed by atoms with van der Waals surface area (Å²) < 4.78 is 0. The van der Waals surface area contributed by atoms with Crippen molar-refractivity contribution < 1.29 is 9.90 Å². The molecule has 1 aromatic rings. The number of hydrogen-bond acceptors (Lipinski definition) is 3. The topological polar surface area (TPSA) is 73.1 Å². The van der Waals surface area contributed by atoms with Crippen LogP contribution in [0, 0.1) is 17.2 Å². The number of nitriles is 1. The zero-order valence-corrected chi connectivity index (χ0v) is 10.3. The van der Waals surface area contributed by atoms with Crippen molar-refractivity contribution in [3.63, 3.8) is 0 Å². The van der Waals surface area contributed by atoms with Crippen LogP contribution in [-0.4, -0.2) is 17.1 Å². The van der Waals surface area contributed by atoms with Crippen LogP contribution in [0.3, 0.4) is 0 Å². The Labute approximate surface area is 105 Å². The van der Waals surface area contributed by atoms with E-state index in [0.717, 1.165) is 0 Å². The number of carboxylic acid groups (broad SMARTS) is 1. The molecule has 0 fully saturated rings. The second kappa shape index (κ2) is 5.55. The number of aliphatic carboxylic acids is 1. The SMILES string of the molecule is CC(C)C(Nc1ccc(C#N)c(Cl)c1)C(=O)O. The Bertz CT molecular complexity index is 466. The molecule has 1 aromatic carbocycles. The summed E-state index contributed by atoms with van der Waals surface area (Å²) in [6.45, 7) is 3.63. The van der Waals surface area contributed by atoms with Crippen molar-refractivity contribution in [2.75, 3.05) is 5.32 Å². The molecule has 0 aliphatic carbocycles. The molecule has 1 unspecified atom stereocenters. The van der Waals surface area contributed by atoms with Gasteiger partial charge in [-0.2, -0.15) is 5.26 Å². The van der Waals surface area contributed by atoms with Crippen molar-refractivity contribution in [2.45, 2.75) is 19.9 Å². The average Bonchev–Trinajstić information content (AvgIpc) is 2.25. The van der Waals surface area contributed by atoms with Gasteiger partial charge in [-0.3, -0.25) is 0 Å². The maximum Gasteiger partial charge on any atom is 0.326 e. The largest absolute Gasteiger partial charge is 0.480 e. The van der Waals surface area contributed by atoms with Crippen molar-refractivity contribution in [1.29, 1.82) is 5.26 Å². The monoisotopic (exact) mass is 252 g/mol. The molecule has 0 bridgehead atoms. The Morgan fingerprint density at radius 2 is 2.18 bits per heavy atom. The summed E-state index contributed by atoms with van der Waals surface area (Å²) in [6, 6.07) is 6.02. The summed E-state index contributed by atoms with van der Waals surface area (Å²) in [5, 5.41) is 20.9. The van der Waals surface area contributed by atoms with Gasteiger partial charge >= 0.3 is 5.97 Å². The molecule has 2 N–H and O–H groups in total. The van der Waals surface area contributed by atoms with Gasteiger partial charge in [0.15, 0.2) is 0 Å². The standard InChI is InChI=1S/C12H13ClN2O2/c1-7(2)11(12(16)17)15-9-4-3-8(6-14)10(13)5-9/h3-5,7,11,15H,1-2H3,(H,16,17). The number of halogens is 1. The van der Waals surface area contributed by atoms with Crippen LogP contribution in [-0.2, 0) is 4.79 Å². The van der Waals surface area contributed by atoms with E-state index in [0.29, 0.717) is 16.3 Å². The summed E-state index contributed by atoms with van der Waals surface area (Å²) in [4.78, 5) is 11.0. The van der Waals surface area contributed by atoms with Crippen LogP contribution in [0.2, 0.25) is 5.02 Å². The molecule has 90 valence electrons. The Kier molecular flexibility index (Phi) is 4.36. The lowest BCUT2D eigenvalue weighted by molar-refractivity contribution is -0.138. The molecule has 5 heteroatoms. The maximum atomic E-state index is 11.0. The van der Waals surface area contributed by atoms with Crippen LogP contribution < -0.4 is 5.32 Å². The normalized spacial score (nSPS) is 11.9. The summed E-state index contributed by atoms with van der Waals surface area (Å²) in [5.74, 6) is -0.970. The molecule has 1 rings (SSSR count). The smallest absolute Gasteiger partial charge is 0.326 e. The second-order valence-corrected chi connectivity index (χ2v) is 4.42. The maximum absolute atomic E-state index is 11.0. The first-order valence-electron chi connectivity index (χ1n) is 5.14. The first-order valence-corrected chi connectivity index (χ1v) is 5.52. The van der Waals surface area contributed by atoms with E-state index in [1.807, 2.05) is 19.9 Å². The third-order valence-electron chi connectivity index (χ3n) is 2.34. The van der Waals surface area contributed by atoms with Gasteiger partial charge in [0.2, 0.25) is 0 Å². The minimum atomic E-state index is -0.916. The highest BCUT2D eigenvalue weighted by atomic mass is 35.5. The molecule has 0 spiro atoms. The van der Waals surface area contributed by atoms with E-state index >= 15 is 0 Å². The molecular formula is C12H13ClN2O2. The van der Waals surface area contributed by atoms with Gasteiger partial charge in [-0.05, 0) is 24.1 Å². The highest BCUT2D eigenvalue weighted by Gasteiger charge is 2.21. The minimum Gasteiger partial charge on any atom is -0.480 e. The number of carboxylic acids is 1. The van der Waals surface area contributed by atoms with Crippen molar-refractivity contribution in [3.05, 3.63) is 28.8 Å². The summed E-state index contributed by atoms with van der Waals surface area (Å²) >= 11 is 5.86. The fraction of sp³-hybridized carbons (Fsp3) is 0.333. The van der Waals surface area contributed by atoms with E-state index in [9.17, 15) is 4.79 Å². The van der Waals surface area contributed by atoms with Crippen LogP contribution in [0.15, 0.2) is 18.2 Å². The van der Waals surface area contributed by atoms with Gasteiger partial charge in [-0.25, -0.2) is 4.79 Å². The van der Waals surface area contributed by atoms with E-state index in [1.165, 1.54) is 0 Å². The molecule has 1 atom stereocenters. The van der Waals surface area contributed by atoms with Gasteiger partial charge < -0.3 is 10.4 Å². The summed E-state index contributed by atoms with van der Waals surface area (Å²) in [7, 11) is 0. The zero-order chi connectivity index (χ0) is 13.0.